The smallest absolute Gasteiger partial charge is 0.299 e. The molecule has 1 unspecified atom stereocenters. The maximum atomic E-state index is 10.0. The lowest BCUT2D eigenvalue weighted by atomic mass is 10.2. The van der Waals surface area contributed by atoms with Gasteiger partial charge in [0.1, 0.15) is 16.3 Å². The Kier molecular flexibility index (Phi) is 5.64. The zero-order chi connectivity index (χ0) is 14.4. The van der Waals surface area contributed by atoms with Crippen LogP contribution < -0.4 is 4.74 Å². The van der Waals surface area contributed by atoms with Crippen molar-refractivity contribution in [3.05, 3.63) is 52.2 Å². The van der Waals surface area contributed by atoms with E-state index < -0.39 is 6.10 Å². The Morgan fingerprint density at radius 1 is 1.30 bits per heavy atom. The van der Waals surface area contributed by atoms with Crippen molar-refractivity contribution in [1.29, 1.82) is 0 Å². The van der Waals surface area contributed by atoms with Gasteiger partial charge in [-0.1, -0.05) is 30.3 Å². The third-order valence-electron chi connectivity index (χ3n) is 2.67. The van der Waals surface area contributed by atoms with E-state index in [9.17, 15) is 5.11 Å². The molecule has 0 bridgehead atoms. The first-order valence-electron chi connectivity index (χ1n) is 6.42. The molecule has 2 aromatic rings. The van der Waals surface area contributed by atoms with Crippen LogP contribution in [0.2, 0.25) is 0 Å². The molecule has 1 aromatic carbocycles. The van der Waals surface area contributed by atoms with E-state index >= 15 is 0 Å². The van der Waals surface area contributed by atoms with Crippen LogP contribution in [-0.4, -0.2) is 18.3 Å². The third-order valence-corrected chi connectivity index (χ3v) is 3.22. The van der Waals surface area contributed by atoms with Crippen LogP contribution >= 0.6 is 15.9 Å². The zero-order valence-corrected chi connectivity index (χ0v) is 12.8. The number of aliphatic hydroxyl groups is 1. The molecule has 0 aliphatic rings. The van der Waals surface area contributed by atoms with E-state index in [1.807, 2.05) is 37.3 Å². The summed E-state index contributed by atoms with van der Waals surface area (Å²) >= 11 is 3.32. The first-order chi connectivity index (χ1) is 9.70. The van der Waals surface area contributed by atoms with Gasteiger partial charge in [-0.25, -0.2) is 0 Å². The second kappa shape index (κ2) is 7.47. The fourth-order valence-corrected chi connectivity index (χ4v) is 2.13. The highest BCUT2D eigenvalue weighted by Crippen LogP contribution is 2.32. The molecule has 1 heterocycles. The summed E-state index contributed by atoms with van der Waals surface area (Å²) in [4.78, 5) is 0. The first kappa shape index (κ1) is 15.1. The van der Waals surface area contributed by atoms with Crippen molar-refractivity contribution >= 4 is 15.9 Å². The molecule has 1 aromatic heterocycles. The predicted molar refractivity (Wildman–Crippen MR) is 78.6 cm³/mol. The van der Waals surface area contributed by atoms with Gasteiger partial charge in [0.05, 0.1) is 19.8 Å². The summed E-state index contributed by atoms with van der Waals surface area (Å²) in [7, 11) is 0. The van der Waals surface area contributed by atoms with Crippen molar-refractivity contribution in [2.24, 2.45) is 0 Å². The number of aliphatic hydroxyl groups excluding tert-OH is 1. The molecule has 0 aliphatic carbocycles. The Labute approximate surface area is 126 Å². The normalized spacial score (nSPS) is 12.3. The molecule has 20 heavy (non-hydrogen) atoms. The molecule has 0 saturated heterocycles. The molecule has 0 spiro atoms. The monoisotopic (exact) mass is 340 g/mol. The van der Waals surface area contributed by atoms with E-state index in [0.717, 1.165) is 5.56 Å². The van der Waals surface area contributed by atoms with E-state index in [2.05, 4.69) is 15.9 Å². The standard InChI is InChI=1S/C15H17BrO4/c1-2-19-15-12(16)8-14(20-15)13(17)10-18-9-11-6-4-3-5-7-11/h3-8,13,17H,2,9-10H2,1H3. The number of hydrogen-bond acceptors (Lipinski definition) is 4. The van der Waals surface area contributed by atoms with Crippen LogP contribution in [0.1, 0.15) is 24.4 Å². The van der Waals surface area contributed by atoms with E-state index in [-0.39, 0.29) is 6.61 Å². The summed E-state index contributed by atoms with van der Waals surface area (Å²) in [6.45, 7) is 3.00. The lowest BCUT2D eigenvalue weighted by Gasteiger charge is -2.09. The number of halogens is 1. The van der Waals surface area contributed by atoms with Crippen molar-refractivity contribution in [2.45, 2.75) is 19.6 Å². The molecule has 0 radical (unpaired) electrons. The van der Waals surface area contributed by atoms with Gasteiger partial charge in [-0.05, 0) is 28.4 Å². The topological polar surface area (TPSA) is 51.8 Å². The summed E-state index contributed by atoms with van der Waals surface area (Å²) in [5.41, 5.74) is 1.07. The summed E-state index contributed by atoms with van der Waals surface area (Å²) in [6, 6.07) is 11.5. The molecule has 2 rings (SSSR count). The Morgan fingerprint density at radius 2 is 2.05 bits per heavy atom. The van der Waals surface area contributed by atoms with E-state index in [0.29, 0.717) is 29.4 Å². The summed E-state index contributed by atoms with van der Waals surface area (Å²) in [6.07, 6.45) is -0.816. The highest BCUT2D eigenvalue weighted by molar-refractivity contribution is 9.10. The number of hydrogen-bond donors (Lipinski definition) is 1. The Balaban J connectivity index is 1.85. The summed E-state index contributed by atoms with van der Waals surface area (Å²) in [5, 5.41) is 10.0. The molecule has 0 amide bonds. The van der Waals surface area contributed by atoms with Gasteiger partial charge in [0.15, 0.2) is 0 Å². The number of furan rings is 1. The van der Waals surface area contributed by atoms with Crippen LogP contribution in [0.4, 0.5) is 0 Å². The van der Waals surface area contributed by atoms with E-state index in [1.165, 1.54) is 0 Å². The highest BCUT2D eigenvalue weighted by atomic mass is 79.9. The van der Waals surface area contributed by atoms with Crippen LogP contribution in [0.5, 0.6) is 5.95 Å². The van der Waals surface area contributed by atoms with Gasteiger partial charge in [0.25, 0.3) is 5.95 Å². The molecule has 0 fully saturated rings. The first-order valence-corrected chi connectivity index (χ1v) is 7.21. The minimum absolute atomic E-state index is 0.167. The van der Waals surface area contributed by atoms with Gasteiger partial charge in [0, 0.05) is 6.07 Å². The SMILES string of the molecule is CCOc1oc(C(O)COCc2ccccc2)cc1Br. The Morgan fingerprint density at radius 3 is 2.75 bits per heavy atom. The summed E-state index contributed by atoms with van der Waals surface area (Å²) < 4.78 is 16.9. The van der Waals surface area contributed by atoms with E-state index in [1.54, 1.807) is 6.07 Å². The molecule has 0 aliphatic heterocycles. The van der Waals surface area contributed by atoms with Crippen LogP contribution in [-0.2, 0) is 11.3 Å². The molecule has 5 heteroatoms. The van der Waals surface area contributed by atoms with Crippen molar-refractivity contribution in [1.82, 2.24) is 0 Å². The Hall–Kier alpha value is -1.30. The minimum Gasteiger partial charge on any atom is -0.465 e. The molecule has 0 saturated carbocycles. The molecule has 4 nitrogen and oxygen atoms in total. The van der Waals surface area contributed by atoms with Gasteiger partial charge in [-0.2, -0.15) is 0 Å². The van der Waals surface area contributed by atoms with Gasteiger partial charge < -0.3 is 19.0 Å². The number of benzene rings is 1. The van der Waals surface area contributed by atoms with Gasteiger partial charge in [-0.15, -0.1) is 0 Å². The van der Waals surface area contributed by atoms with Crippen LogP contribution in [0.25, 0.3) is 0 Å². The van der Waals surface area contributed by atoms with Crippen molar-refractivity contribution in [3.8, 4) is 5.95 Å². The van der Waals surface area contributed by atoms with Crippen LogP contribution in [0.3, 0.4) is 0 Å². The molecule has 1 N–H and O–H groups in total. The van der Waals surface area contributed by atoms with Crippen LogP contribution in [0, 0.1) is 0 Å². The second-order valence-electron chi connectivity index (χ2n) is 4.23. The number of rotatable bonds is 7. The average molecular weight is 341 g/mol. The molecular weight excluding hydrogens is 324 g/mol. The fourth-order valence-electron chi connectivity index (χ4n) is 1.71. The number of ether oxygens (including phenoxy) is 2. The fraction of sp³-hybridized carbons (Fsp3) is 0.333. The van der Waals surface area contributed by atoms with E-state index in [4.69, 9.17) is 13.9 Å². The van der Waals surface area contributed by atoms with Gasteiger partial charge in [-0.3, -0.25) is 0 Å². The second-order valence-corrected chi connectivity index (χ2v) is 5.09. The maximum Gasteiger partial charge on any atom is 0.299 e. The average Bonchev–Trinajstić information content (AvgIpc) is 2.82. The lowest BCUT2D eigenvalue weighted by Crippen LogP contribution is -2.06. The van der Waals surface area contributed by atoms with Gasteiger partial charge >= 0.3 is 0 Å². The Bertz CT molecular complexity index is 524. The van der Waals surface area contributed by atoms with Crippen LogP contribution in [0.15, 0.2) is 45.3 Å². The van der Waals surface area contributed by atoms with Crippen molar-refractivity contribution in [3.63, 3.8) is 0 Å². The lowest BCUT2D eigenvalue weighted by molar-refractivity contribution is 0.0156. The van der Waals surface area contributed by atoms with Crippen molar-refractivity contribution in [2.75, 3.05) is 13.2 Å². The molecular formula is C15H17BrO4. The highest BCUT2D eigenvalue weighted by Gasteiger charge is 2.17. The predicted octanol–water partition coefficient (Wildman–Crippen LogP) is 3.69. The largest absolute Gasteiger partial charge is 0.465 e. The zero-order valence-electron chi connectivity index (χ0n) is 11.2. The molecule has 108 valence electrons. The minimum atomic E-state index is -0.816. The van der Waals surface area contributed by atoms with Crippen molar-refractivity contribution < 1.29 is 19.0 Å². The maximum absolute atomic E-state index is 10.0. The molecule has 1 atom stereocenters. The van der Waals surface area contributed by atoms with Gasteiger partial charge in [0.2, 0.25) is 0 Å². The third kappa shape index (κ3) is 4.10. The quantitative estimate of drug-likeness (QED) is 0.835. The summed E-state index contributed by atoms with van der Waals surface area (Å²) in [5.74, 6) is 0.804.